The molecule has 3 N–H and O–H groups in total. The maximum absolute atomic E-state index is 10.8. The lowest BCUT2D eigenvalue weighted by Gasteiger charge is -2.03. The van der Waals surface area contributed by atoms with Gasteiger partial charge in [0.2, 0.25) is 5.91 Å². The molecule has 1 heterocycles. The van der Waals surface area contributed by atoms with E-state index in [9.17, 15) is 9.59 Å². The molecule has 1 fully saturated rings. The van der Waals surface area contributed by atoms with Crippen LogP contribution in [0.4, 0.5) is 0 Å². The highest BCUT2D eigenvalue weighted by Gasteiger charge is 2.14. The molecule has 0 bridgehead atoms. The van der Waals surface area contributed by atoms with Crippen LogP contribution in [0.15, 0.2) is 30.3 Å². The van der Waals surface area contributed by atoms with E-state index in [1.54, 1.807) is 12.1 Å². The van der Waals surface area contributed by atoms with E-state index < -0.39 is 0 Å². The maximum Gasteiger partial charge on any atom is 0.236 e. The van der Waals surface area contributed by atoms with E-state index in [1.165, 1.54) is 0 Å². The molecule has 4 nitrogen and oxygen atoms in total. The average Bonchev–Trinajstić information content (AvgIpc) is 2.57. The molecule has 1 saturated heterocycles. The third-order valence-corrected chi connectivity index (χ3v) is 2.51. The number of rotatable bonds is 1. The van der Waals surface area contributed by atoms with Gasteiger partial charge in [-0.1, -0.05) is 30.3 Å². The van der Waals surface area contributed by atoms with Gasteiger partial charge >= 0.3 is 0 Å². The first kappa shape index (κ1) is 13.4. The van der Waals surface area contributed by atoms with Crippen molar-refractivity contribution in [2.75, 3.05) is 6.54 Å². The second-order valence-electron chi connectivity index (χ2n) is 3.92. The zero-order valence-corrected chi connectivity index (χ0v) is 9.76. The third-order valence-electron chi connectivity index (χ3n) is 2.51. The van der Waals surface area contributed by atoms with Crippen molar-refractivity contribution in [2.45, 2.75) is 25.3 Å². The standard InChI is InChI=1S/C7H6O.C6H12N2O/c8-6-7-4-2-1-3-5-7;7-5-3-1-2-4-8-6(5)9/h1-6H;5H,1-4,7H2,(H,8,9). The summed E-state index contributed by atoms with van der Waals surface area (Å²) in [5.41, 5.74) is 6.20. The SMILES string of the molecule is NC1CCCCNC1=O.O=Cc1ccccc1. The van der Waals surface area contributed by atoms with E-state index in [0.29, 0.717) is 0 Å². The van der Waals surface area contributed by atoms with Crippen LogP contribution in [0.2, 0.25) is 0 Å². The van der Waals surface area contributed by atoms with Gasteiger partial charge in [0.15, 0.2) is 0 Å². The van der Waals surface area contributed by atoms with Crippen LogP contribution in [0, 0.1) is 0 Å². The molecule has 92 valence electrons. The minimum absolute atomic E-state index is 0.00694. The number of nitrogens with one attached hydrogen (secondary N) is 1. The monoisotopic (exact) mass is 234 g/mol. The maximum atomic E-state index is 10.8. The first-order valence-corrected chi connectivity index (χ1v) is 5.77. The highest BCUT2D eigenvalue weighted by atomic mass is 16.2. The van der Waals surface area contributed by atoms with Crippen molar-refractivity contribution in [3.63, 3.8) is 0 Å². The molecule has 0 aliphatic carbocycles. The van der Waals surface area contributed by atoms with Crippen molar-refractivity contribution in [3.05, 3.63) is 35.9 Å². The lowest BCUT2D eigenvalue weighted by Crippen LogP contribution is -2.38. The van der Waals surface area contributed by atoms with Gasteiger partial charge in [0, 0.05) is 12.1 Å². The average molecular weight is 234 g/mol. The quantitative estimate of drug-likeness (QED) is 0.715. The predicted octanol–water partition coefficient (Wildman–Crippen LogP) is 1.11. The molecule has 0 spiro atoms. The fraction of sp³-hybridized carbons (Fsp3) is 0.385. The van der Waals surface area contributed by atoms with Gasteiger partial charge in [-0.25, -0.2) is 0 Å². The van der Waals surface area contributed by atoms with Gasteiger partial charge in [0.1, 0.15) is 6.29 Å². The van der Waals surface area contributed by atoms with Gasteiger partial charge < -0.3 is 11.1 Å². The summed E-state index contributed by atoms with van der Waals surface area (Å²) in [6, 6.07) is 8.84. The second kappa shape index (κ2) is 7.57. The first-order valence-electron chi connectivity index (χ1n) is 5.77. The Morgan fingerprint density at radius 1 is 1.24 bits per heavy atom. The van der Waals surface area contributed by atoms with Crippen LogP contribution < -0.4 is 11.1 Å². The van der Waals surface area contributed by atoms with Gasteiger partial charge in [0.25, 0.3) is 0 Å². The topological polar surface area (TPSA) is 72.2 Å². The van der Waals surface area contributed by atoms with Crippen molar-refractivity contribution in [1.29, 1.82) is 0 Å². The normalized spacial score (nSPS) is 19.4. The number of aldehydes is 1. The molecule has 1 aliphatic heterocycles. The molecule has 4 heteroatoms. The summed E-state index contributed by atoms with van der Waals surface area (Å²) in [5, 5.41) is 2.73. The van der Waals surface area contributed by atoms with Gasteiger partial charge in [0.05, 0.1) is 6.04 Å². The molecule has 2 rings (SSSR count). The molecule has 1 unspecified atom stereocenters. The number of carbonyl (C=O) groups is 2. The number of nitrogens with two attached hydrogens (primary N) is 1. The summed E-state index contributed by atoms with van der Waals surface area (Å²) in [6.45, 7) is 0.798. The van der Waals surface area contributed by atoms with E-state index >= 15 is 0 Å². The van der Waals surface area contributed by atoms with Crippen LogP contribution in [-0.4, -0.2) is 24.8 Å². The van der Waals surface area contributed by atoms with E-state index in [1.807, 2.05) is 18.2 Å². The van der Waals surface area contributed by atoms with Crippen LogP contribution in [0.1, 0.15) is 29.6 Å². The summed E-state index contributed by atoms with van der Waals surface area (Å²) in [4.78, 5) is 20.8. The molecule has 0 saturated carbocycles. The highest BCUT2D eigenvalue weighted by Crippen LogP contribution is 2.01. The lowest BCUT2D eigenvalue weighted by molar-refractivity contribution is -0.122. The molecule has 0 radical (unpaired) electrons. The van der Waals surface area contributed by atoms with E-state index in [2.05, 4.69) is 5.32 Å². The minimum atomic E-state index is -0.257. The summed E-state index contributed by atoms with van der Waals surface area (Å²) in [5.74, 6) is 0.00694. The minimum Gasteiger partial charge on any atom is -0.355 e. The van der Waals surface area contributed by atoms with Crippen LogP contribution in [0.3, 0.4) is 0 Å². The van der Waals surface area contributed by atoms with Gasteiger partial charge in [-0.2, -0.15) is 0 Å². The molecule has 1 aromatic rings. The largest absolute Gasteiger partial charge is 0.355 e. The molecular formula is C13H18N2O2. The summed E-state index contributed by atoms with van der Waals surface area (Å²) in [7, 11) is 0. The first-order chi connectivity index (χ1) is 8.24. The van der Waals surface area contributed by atoms with Crippen molar-refractivity contribution in [3.8, 4) is 0 Å². The van der Waals surface area contributed by atoms with E-state index in [4.69, 9.17) is 5.73 Å². The highest BCUT2D eigenvalue weighted by molar-refractivity contribution is 5.81. The number of hydrogen-bond donors (Lipinski definition) is 2. The number of amides is 1. The van der Waals surface area contributed by atoms with Crippen molar-refractivity contribution in [2.24, 2.45) is 5.73 Å². The van der Waals surface area contributed by atoms with Crippen LogP contribution in [0.25, 0.3) is 0 Å². The fourth-order valence-corrected chi connectivity index (χ4v) is 1.49. The van der Waals surface area contributed by atoms with Gasteiger partial charge in [-0.3, -0.25) is 9.59 Å². The molecule has 1 amide bonds. The van der Waals surface area contributed by atoms with Gasteiger partial charge in [-0.15, -0.1) is 0 Å². The predicted molar refractivity (Wildman–Crippen MR) is 66.7 cm³/mol. The van der Waals surface area contributed by atoms with Crippen LogP contribution in [0.5, 0.6) is 0 Å². The van der Waals surface area contributed by atoms with Crippen molar-refractivity contribution in [1.82, 2.24) is 5.32 Å². The van der Waals surface area contributed by atoms with Gasteiger partial charge in [-0.05, 0) is 19.3 Å². The smallest absolute Gasteiger partial charge is 0.236 e. The Bertz CT molecular complexity index is 352. The Balaban J connectivity index is 0.000000171. The zero-order valence-electron chi connectivity index (χ0n) is 9.76. The Kier molecular flexibility index (Phi) is 5.96. The molecule has 1 aromatic carbocycles. The Labute approximate surface area is 101 Å². The van der Waals surface area contributed by atoms with Crippen LogP contribution in [-0.2, 0) is 4.79 Å². The lowest BCUT2D eigenvalue weighted by atomic mass is 10.1. The Morgan fingerprint density at radius 3 is 2.53 bits per heavy atom. The fourth-order valence-electron chi connectivity index (χ4n) is 1.49. The number of benzene rings is 1. The molecule has 17 heavy (non-hydrogen) atoms. The number of hydrogen-bond acceptors (Lipinski definition) is 3. The summed E-state index contributed by atoms with van der Waals surface area (Å²) >= 11 is 0. The van der Waals surface area contributed by atoms with E-state index in [-0.39, 0.29) is 11.9 Å². The van der Waals surface area contributed by atoms with E-state index in [0.717, 1.165) is 37.7 Å². The second-order valence-corrected chi connectivity index (χ2v) is 3.92. The molecular weight excluding hydrogens is 216 g/mol. The summed E-state index contributed by atoms with van der Waals surface area (Å²) < 4.78 is 0. The Morgan fingerprint density at radius 2 is 1.94 bits per heavy atom. The van der Waals surface area contributed by atoms with Crippen molar-refractivity contribution >= 4 is 12.2 Å². The molecule has 0 aromatic heterocycles. The van der Waals surface area contributed by atoms with Crippen molar-refractivity contribution < 1.29 is 9.59 Å². The molecule has 1 aliphatic rings. The molecule has 1 atom stereocenters. The zero-order chi connectivity index (χ0) is 12.5. The van der Waals surface area contributed by atoms with Crippen LogP contribution >= 0.6 is 0 Å². The Hall–Kier alpha value is -1.68. The number of carbonyl (C=O) groups excluding carboxylic acids is 2. The third kappa shape index (κ3) is 5.26. The summed E-state index contributed by atoms with van der Waals surface area (Å²) in [6.07, 6.45) is 3.81.